The Morgan fingerprint density at radius 2 is 1.95 bits per heavy atom. The Hall–Kier alpha value is -1.78. The molecule has 3 nitrogen and oxygen atoms in total. The van der Waals surface area contributed by atoms with Crippen LogP contribution in [0, 0.1) is 5.82 Å². The van der Waals surface area contributed by atoms with Crippen molar-refractivity contribution < 1.29 is 13.9 Å². The first-order valence-electron chi connectivity index (χ1n) is 6.47. The van der Waals surface area contributed by atoms with E-state index in [1.165, 1.54) is 6.07 Å². The van der Waals surface area contributed by atoms with Crippen molar-refractivity contribution in [1.29, 1.82) is 0 Å². The molecule has 0 heterocycles. The van der Waals surface area contributed by atoms with Crippen LogP contribution in [0.15, 0.2) is 36.4 Å². The summed E-state index contributed by atoms with van der Waals surface area (Å²) < 4.78 is 24.0. The third-order valence-corrected chi connectivity index (χ3v) is 3.73. The molecule has 0 saturated heterocycles. The molecule has 0 spiro atoms. The summed E-state index contributed by atoms with van der Waals surface area (Å²) >= 11 is 5.97. The Labute approximate surface area is 128 Å². The lowest BCUT2D eigenvalue weighted by Gasteiger charge is -2.17. The summed E-state index contributed by atoms with van der Waals surface area (Å²) in [6.07, 6.45) is 0.403. The van der Waals surface area contributed by atoms with Gasteiger partial charge in [0.1, 0.15) is 17.3 Å². The van der Waals surface area contributed by atoms with Crippen LogP contribution < -0.4 is 15.2 Å². The number of methoxy groups -OCH3 is 2. The molecule has 1 unspecified atom stereocenters. The Morgan fingerprint density at radius 1 is 1.19 bits per heavy atom. The van der Waals surface area contributed by atoms with Gasteiger partial charge in [-0.1, -0.05) is 23.7 Å². The van der Waals surface area contributed by atoms with Crippen LogP contribution in [0.4, 0.5) is 4.39 Å². The van der Waals surface area contributed by atoms with Crippen molar-refractivity contribution >= 4 is 11.6 Å². The second kappa shape index (κ2) is 6.78. The van der Waals surface area contributed by atoms with Crippen LogP contribution in [0.2, 0.25) is 5.02 Å². The van der Waals surface area contributed by atoms with E-state index in [2.05, 4.69) is 0 Å². The van der Waals surface area contributed by atoms with E-state index in [9.17, 15) is 4.39 Å². The third-order valence-electron chi connectivity index (χ3n) is 3.31. The van der Waals surface area contributed by atoms with Crippen molar-refractivity contribution in [2.75, 3.05) is 14.2 Å². The van der Waals surface area contributed by atoms with E-state index in [-0.39, 0.29) is 11.1 Å². The summed E-state index contributed by atoms with van der Waals surface area (Å²) in [6, 6.07) is 9.73. The number of benzene rings is 2. The summed E-state index contributed by atoms with van der Waals surface area (Å²) in [5, 5.41) is 0.106. The molecule has 21 heavy (non-hydrogen) atoms. The standard InChI is InChI=1S/C16H17ClFNO2/c1-20-11-6-7-15(21-2)12(9-11)14(19)8-10-4-3-5-13(18)16(10)17/h3-7,9,14H,8,19H2,1-2H3. The molecule has 1 atom stereocenters. The molecule has 0 aliphatic carbocycles. The molecule has 0 saturated carbocycles. The minimum Gasteiger partial charge on any atom is -0.497 e. The van der Waals surface area contributed by atoms with Gasteiger partial charge in [0.2, 0.25) is 0 Å². The normalized spacial score (nSPS) is 12.0. The first kappa shape index (κ1) is 15.6. The van der Waals surface area contributed by atoms with Gasteiger partial charge < -0.3 is 15.2 Å². The van der Waals surface area contributed by atoms with Gasteiger partial charge in [0.25, 0.3) is 0 Å². The van der Waals surface area contributed by atoms with Crippen LogP contribution in [0.25, 0.3) is 0 Å². The maximum Gasteiger partial charge on any atom is 0.142 e. The van der Waals surface area contributed by atoms with Gasteiger partial charge in [0.15, 0.2) is 0 Å². The zero-order chi connectivity index (χ0) is 15.4. The molecule has 0 fully saturated rings. The highest BCUT2D eigenvalue weighted by Gasteiger charge is 2.16. The van der Waals surface area contributed by atoms with E-state index in [1.807, 2.05) is 6.07 Å². The fourth-order valence-corrected chi connectivity index (χ4v) is 2.39. The molecule has 112 valence electrons. The molecule has 0 bridgehead atoms. The minimum atomic E-state index is -0.445. The summed E-state index contributed by atoms with van der Waals surface area (Å²) in [4.78, 5) is 0. The Balaban J connectivity index is 2.31. The van der Waals surface area contributed by atoms with Crippen molar-refractivity contribution in [2.45, 2.75) is 12.5 Å². The van der Waals surface area contributed by atoms with Crippen LogP contribution in [-0.4, -0.2) is 14.2 Å². The summed E-state index contributed by atoms with van der Waals surface area (Å²) in [5.74, 6) is 0.904. The lowest BCUT2D eigenvalue weighted by Crippen LogP contribution is -2.15. The van der Waals surface area contributed by atoms with Gasteiger partial charge in [0.05, 0.1) is 19.2 Å². The van der Waals surface area contributed by atoms with E-state index < -0.39 is 5.82 Å². The van der Waals surface area contributed by atoms with E-state index in [4.69, 9.17) is 26.8 Å². The topological polar surface area (TPSA) is 44.5 Å². The molecule has 2 rings (SSSR count). The molecule has 0 aliphatic heterocycles. The highest BCUT2D eigenvalue weighted by Crippen LogP contribution is 2.31. The Morgan fingerprint density at radius 3 is 2.62 bits per heavy atom. The molecule has 5 heteroatoms. The number of rotatable bonds is 5. The van der Waals surface area contributed by atoms with Crippen LogP contribution in [0.1, 0.15) is 17.2 Å². The van der Waals surface area contributed by atoms with Crippen molar-refractivity contribution in [3.05, 3.63) is 58.4 Å². The second-order valence-electron chi connectivity index (χ2n) is 4.63. The van der Waals surface area contributed by atoms with Crippen LogP contribution >= 0.6 is 11.6 Å². The predicted molar refractivity (Wildman–Crippen MR) is 81.6 cm³/mol. The lowest BCUT2D eigenvalue weighted by atomic mass is 9.98. The monoisotopic (exact) mass is 309 g/mol. The van der Waals surface area contributed by atoms with Gasteiger partial charge >= 0.3 is 0 Å². The average molecular weight is 310 g/mol. The van der Waals surface area contributed by atoms with Crippen molar-refractivity contribution in [3.63, 3.8) is 0 Å². The number of halogens is 2. The van der Waals surface area contributed by atoms with Crippen LogP contribution in [0.5, 0.6) is 11.5 Å². The largest absolute Gasteiger partial charge is 0.497 e. The Bertz CT molecular complexity index is 634. The van der Waals surface area contributed by atoms with Crippen molar-refractivity contribution in [2.24, 2.45) is 5.73 Å². The molecule has 0 amide bonds. The van der Waals surface area contributed by atoms with Crippen LogP contribution in [0.3, 0.4) is 0 Å². The molecule has 2 N–H and O–H groups in total. The number of hydrogen-bond acceptors (Lipinski definition) is 3. The molecule has 0 radical (unpaired) electrons. The van der Waals surface area contributed by atoms with Gasteiger partial charge in [0, 0.05) is 11.6 Å². The van der Waals surface area contributed by atoms with E-state index in [0.29, 0.717) is 23.5 Å². The SMILES string of the molecule is COc1ccc(OC)c(C(N)Cc2cccc(F)c2Cl)c1. The molecule has 0 aromatic heterocycles. The van der Waals surface area contributed by atoms with Gasteiger partial charge in [-0.05, 0) is 36.2 Å². The maximum absolute atomic E-state index is 13.5. The van der Waals surface area contributed by atoms with Crippen molar-refractivity contribution in [3.8, 4) is 11.5 Å². The second-order valence-corrected chi connectivity index (χ2v) is 5.01. The lowest BCUT2D eigenvalue weighted by molar-refractivity contribution is 0.395. The number of hydrogen-bond donors (Lipinski definition) is 1. The van der Waals surface area contributed by atoms with Gasteiger partial charge in [-0.15, -0.1) is 0 Å². The zero-order valence-corrected chi connectivity index (χ0v) is 12.7. The molecule has 2 aromatic rings. The number of nitrogens with two attached hydrogens (primary N) is 1. The van der Waals surface area contributed by atoms with Gasteiger partial charge in [-0.3, -0.25) is 0 Å². The molecular formula is C16H17ClFNO2. The minimum absolute atomic E-state index is 0.106. The smallest absolute Gasteiger partial charge is 0.142 e. The zero-order valence-electron chi connectivity index (χ0n) is 11.9. The highest BCUT2D eigenvalue weighted by atomic mass is 35.5. The quantitative estimate of drug-likeness (QED) is 0.915. The van der Waals surface area contributed by atoms with E-state index in [0.717, 1.165) is 5.56 Å². The van der Waals surface area contributed by atoms with Gasteiger partial charge in [-0.25, -0.2) is 4.39 Å². The van der Waals surface area contributed by atoms with Crippen molar-refractivity contribution in [1.82, 2.24) is 0 Å². The average Bonchev–Trinajstić information content (AvgIpc) is 2.51. The molecule has 0 aliphatic rings. The van der Waals surface area contributed by atoms with Gasteiger partial charge in [-0.2, -0.15) is 0 Å². The van der Waals surface area contributed by atoms with Crippen LogP contribution in [-0.2, 0) is 6.42 Å². The first-order valence-corrected chi connectivity index (χ1v) is 6.85. The predicted octanol–water partition coefficient (Wildman–Crippen LogP) is 3.74. The highest BCUT2D eigenvalue weighted by molar-refractivity contribution is 6.31. The summed E-state index contributed by atoms with van der Waals surface area (Å²) in [5.41, 5.74) is 7.68. The Kier molecular flexibility index (Phi) is 5.04. The summed E-state index contributed by atoms with van der Waals surface area (Å²) in [7, 11) is 3.16. The molecular weight excluding hydrogens is 293 g/mol. The first-order chi connectivity index (χ1) is 10.1. The molecule has 2 aromatic carbocycles. The number of ether oxygens (including phenoxy) is 2. The fourth-order valence-electron chi connectivity index (χ4n) is 2.18. The van der Waals surface area contributed by atoms with E-state index >= 15 is 0 Å². The maximum atomic E-state index is 13.5. The van der Waals surface area contributed by atoms with E-state index in [1.54, 1.807) is 38.5 Å². The third kappa shape index (κ3) is 3.46. The fraction of sp³-hybridized carbons (Fsp3) is 0.250. The summed E-state index contributed by atoms with van der Waals surface area (Å²) in [6.45, 7) is 0.